The molecule has 3 unspecified atom stereocenters. The third-order valence-electron chi connectivity index (χ3n) is 4.68. The number of rotatable bonds is 17. The molecule has 0 fully saturated rings. The highest BCUT2D eigenvalue weighted by atomic mass is 16.4. The minimum absolute atomic E-state index is 0.0275. The summed E-state index contributed by atoms with van der Waals surface area (Å²) in [6.45, 7) is 4.03. The highest BCUT2D eigenvalue weighted by Gasteiger charge is 2.29. The van der Waals surface area contributed by atoms with Gasteiger partial charge in [0.25, 0.3) is 0 Å². The van der Waals surface area contributed by atoms with E-state index >= 15 is 0 Å². The Morgan fingerprint density at radius 2 is 1.39 bits per heavy atom. The Labute approximate surface area is 194 Å². The van der Waals surface area contributed by atoms with Crippen LogP contribution in [0.15, 0.2) is 4.99 Å². The average molecular weight is 473 g/mol. The molecule has 0 aliphatic carbocycles. The van der Waals surface area contributed by atoms with E-state index in [0.29, 0.717) is 32.2 Å². The largest absolute Gasteiger partial charge is 0.480 e. The summed E-state index contributed by atoms with van der Waals surface area (Å²) in [6.07, 6.45) is 2.27. The Hall–Kier alpha value is -2.93. The van der Waals surface area contributed by atoms with Crippen LogP contribution in [0.5, 0.6) is 0 Å². The molecule has 0 bridgehead atoms. The van der Waals surface area contributed by atoms with Gasteiger partial charge in [-0.25, -0.2) is 4.79 Å². The highest BCUT2D eigenvalue weighted by Crippen LogP contribution is 2.08. The van der Waals surface area contributed by atoms with Crippen LogP contribution in [-0.4, -0.2) is 72.5 Å². The van der Waals surface area contributed by atoms with Crippen LogP contribution in [0, 0.1) is 5.92 Å². The van der Waals surface area contributed by atoms with Gasteiger partial charge >= 0.3 is 5.97 Å². The van der Waals surface area contributed by atoms with Crippen molar-refractivity contribution >= 4 is 29.7 Å². The standard InChI is InChI=1S/C20H40N8O5/c1-12(2)10-15(19(32)33)28-18(31)14(7-5-9-25-20(23)24)27-17(30)13(6-3-4-8-21)26-16(29)11-22/h12-15H,3-11,21-22H2,1-2H3,(H,26,29)(H,27,30)(H,28,31)(H,32,33)(H4,23,24,25). The number of aliphatic imine (C=N–C) groups is 1. The second-order valence-electron chi connectivity index (χ2n) is 8.15. The SMILES string of the molecule is CC(C)CC(NC(=O)C(CCCN=C(N)N)NC(=O)C(CCCCN)NC(=O)CN)C(=O)O. The van der Waals surface area contributed by atoms with Crippen molar-refractivity contribution in [2.75, 3.05) is 19.6 Å². The van der Waals surface area contributed by atoms with Crippen molar-refractivity contribution in [1.82, 2.24) is 16.0 Å². The van der Waals surface area contributed by atoms with Gasteiger partial charge in [-0.05, 0) is 51.0 Å². The molecule has 13 nitrogen and oxygen atoms in total. The van der Waals surface area contributed by atoms with E-state index in [-0.39, 0.29) is 37.8 Å². The minimum atomic E-state index is -1.17. The van der Waals surface area contributed by atoms with Crippen molar-refractivity contribution in [1.29, 1.82) is 0 Å². The number of aliphatic carboxylic acids is 1. The minimum Gasteiger partial charge on any atom is -0.480 e. The molecule has 0 saturated heterocycles. The van der Waals surface area contributed by atoms with Gasteiger partial charge in [0.1, 0.15) is 18.1 Å². The zero-order valence-electron chi connectivity index (χ0n) is 19.5. The van der Waals surface area contributed by atoms with Crippen molar-refractivity contribution in [2.24, 2.45) is 33.8 Å². The molecular formula is C20H40N8O5. The third kappa shape index (κ3) is 14.0. The van der Waals surface area contributed by atoms with Gasteiger partial charge in [-0.15, -0.1) is 0 Å². The molecule has 190 valence electrons. The molecule has 0 spiro atoms. The van der Waals surface area contributed by atoms with Crippen LogP contribution in [0.4, 0.5) is 0 Å². The predicted molar refractivity (Wildman–Crippen MR) is 125 cm³/mol. The normalized spacial score (nSPS) is 13.5. The number of nitrogens with zero attached hydrogens (tertiary/aromatic N) is 1. The molecule has 0 aliphatic heterocycles. The smallest absolute Gasteiger partial charge is 0.326 e. The molecule has 12 N–H and O–H groups in total. The van der Waals surface area contributed by atoms with E-state index in [1.54, 1.807) is 0 Å². The van der Waals surface area contributed by atoms with E-state index < -0.39 is 41.8 Å². The predicted octanol–water partition coefficient (Wildman–Crippen LogP) is -2.29. The maximum atomic E-state index is 12.9. The van der Waals surface area contributed by atoms with Crippen LogP contribution in [-0.2, 0) is 19.2 Å². The van der Waals surface area contributed by atoms with Crippen molar-refractivity contribution < 1.29 is 24.3 Å². The lowest BCUT2D eigenvalue weighted by molar-refractivity contribution is -0.142. The number of nitrogens with one attached hydrogen (secondary N) is 3. The lowest BCUT2D eigenvalue weighted by Gasteiger charge is -2.25. The summed E-state index contributed by atoms with van der Waals surface area (Å²) in [6, 6.07) is -3.06. The zero-order valence-corrected chi connectivity index (χ0v) is 19.5. The van der Waals surface area contributed by atoms with Crippen LogP contribution in [0.1, 0.15) is 52.4 Å². The quantitative estimate of drug-likeness (QED) is 0.0644. The fourth-order valence-electron chi connectivity index (χ4n) is 3.02. The number of carboxylic acid groups (broad SMARTS) is 1. The number of carboxylic acids is 1. The molecule has 33 heavy (non-hydrogen) atoms. The van der Waals surface area contributed by atoms with Gasteiger partial charge in [-0.3, -0.25) is 19.4 Å². The Bertz CT molecular complexity index is 667. The van der Waals surface area contributed by atoms with Gasteiger partial charge < -0.3 is 44.0 Å². The topological polar surface area (TPSA) is 241 Å². The van der Waals surface area contributed by atoms with Crippen molar-refractivity contribution in [3.63, 3.8) is 0 Å². The van der Waals surface area contributed by atoms with Crippen LogP contribution < -0.4 is 38.9 Å². The Balaban J connectivity index is 5.45. The fourth-order valence-corrected chi connectivity index (χ4v) is 3.02. The van der Waals surface area contributed by atoms with E-state index in [0.717, 1.165) is 0 Å². The third-order valence-corrected chi connectivity index (χ3v) is 4.68. The number of amides is 3. The van der Waals surface area contributed by atoms with Gasteiger partial charge in [0, 0.05) is 6.54 Å². The molecule has 0 rings (SSSR count). The molecule has 0 aromatic carbocycles. The summed E-state index contributed by atoms with van der Waals surface area (Å²) in [7, 11) is 0. The summed E-state index contributed by atoms with van der Waals surface area (Å²) < 4.78 is 0. The molecule has 0 aromatic rings. The van der Waals surface area contributed by atoms with Crippen LogP contribution in [0.3, 0.4) is 0 Å². The summed E-state index contributed by atoms with van der Waals surface area (Å²) in [4.78, 5) is 52.9. The number of carbonyl (C=O) groups is 4. The average Bonchev–Trinajstić information content (AvgIpc) is 2.73. The second-order valence-corrected chi connectivity index (χ2v) is 8.15. The van der Waals surface area contributed by atoms with Crippen LogP contribution in [0.25, 0.3) is 0 Å². The first kappa shape index (κ1) is 30.1. The summed E-state index contributed by atoms with van der Waals surface area (Å²) in [5, 5.41) is 17.1. The van der Waals surface area contributed by atoms with Gasteiger partial charge in [-0.2, -0.15) is 0 Å². The van der Waals surface area contributed by atoms with Crippen LogP contribution in [0.2, 0.25) is 0 Å². The molecule has 0 radical (unpaired) electrons. The van der Waals surface area contributed by atoms with E-state index in [1.807, 2.05) is 13.8 Å². The number of nitrogens with two attached hydrogens (primary N) is 4. The van der Waals surface area contributed by atoms with Gasteiger partial charge in [0.15, 0.2) is 5.96 Å². The lowest BCUT2D eigenvalue weighted by Crippen LogP contribution is -2.56. The molecule has 3 atom stereocenters. The van der Waals surface area contributed by atoms with E-state index in [9.17, 15) is 24.3 Å². The molecule has 13 heteroatoms. The van der Waals surface area contributed by atoms with Gasteiger partial charge in [0.2, 0.25) is 17.7 Å². The number of unbranched alkanes of at least 4 members (excludes halogenated alkanes) is 1. The number of hydrogen-bond donors (Lipinski definition) is 8. The maximum absolute atomic E-state index is 12.9. The first-order chi connectivity index (χ1) is 15.5. The second kappa shape index (κ2) is 16.7. The van der Waals surface area contributed by atoms with E-state index in [4.69, 9.17) is 22.9 Å². The van der Waals surface area contributed by atoms with E-state index in [1.165, 1.54) is 0 Å². The zero-order chi connectivity index (χ0) is 25.4. The Morgan fingerprint density at radius 3 is 1.88 bits per heavy atom. The fraction of sp³-hybridized carbons (Fsp3) is 0.750. The number of hydrogen-bond acceptors (Lipinski definition) is 7. The first-order valence-corrected chi connectivity index (χ1v) is 11.1. The Kier molecular flexibility index (Phi) is 15.2. The van der Waals surface area contributed by atoms with Crippen molar-refractivity contribution in [2.45, 2.75) is 70.5 Å². The highest BCUT2D eigenvalue weighted by molar-refractivity contribution is 5.93. The molecule has 0 saturated carbocycles. The summed E-state index contributed by atoms with van der Waals surface area (Å²) >= 11 is 0. The molecule has 0 aliphatic rings. The molecular weight excluding hydrogens is 432 g/mol. The van der Waals surface area contributed by atoms with Gasteiger partial charge in [0.05, 0.1) is 6.54 Å². The van der Waals surface area contributed by atoms with E-state index in [2.05, 4.69) is 20.9 Å². The monoisotopic (exact) mass is 472 g/mol. The summed E-state index contributed by atoms with van der Waals surface area (Å²) in [5.41, 5.74) is 21.4. The molecule has 0 heterocycles. The van der Waals surface area contributed by atoms with Gasteiger partial charge in [-0.1, -0.05) is 13.8 Å². The maximum Gasteiger partial charge on any atom is 0.326 e. The number of carbonyl (C=O) groups excluding carboxylic acids is 3. The van der Waals surface area contributed by atoms with Crippen molar-refractivity contribution in [3.05, 3.63) is 0 Å². The molecule has 0 aromatic heterocycles. The summed E-state index contributed by atoms with van der Waals surface area (Å²) in [5.74, 6) is -2.98. The Morgan fingerprint density at radius 1 is 0.848 bits per heavy atom. The lowest BCUT2D eigenvalue weighted by atomic mass is 10.0. The first-order valence-electron chi connectivity index (χ1n) is 11.1. The van der Waals surface area contributed by atoms with Crippen LogP contribution >= 0.6 is 0 Å². The number of guanidine groups is 1. The molecule has 3 amide bonds. The van der Waals surface area contributed by atoms with Crippen molar-refractivity contribution in [3.8, 4) is 0 Å².